The molecule has 0 aromatic heterocycles. The predicted octanol–water partition coefficient (Wildman–Crippen LogP) is 2.05. The summed E-state index contributed by atoms with van der Waals surface area (Å²) in [6.07, 6.45) is 1.02. The SMILES string of the molecule is CS(=O)(=O)N(Cc1ccc(C(=O)NN)cc1F)c1cccc(Cl)c1. The number of anilines is 1. The molecule has 0 radical (unpaired) electrons. The number of nitrogens with one attached hydrogen (secondary N) is 1. The highest BCUT2D eigenvalue weighted by Crippen LogP contribution is 2.25. The molecule has 9 heteroatoms. The first kappa shape index (κ1) is 18.2. The Morgan fingerprint density at radius 2 is 2.00 bits per heavy atom. The van der Waals surface area contributed by atoms with Crippen molar-refractivity contribution >= 4 is 33.2 Å². The Bertz CT molecular complexity index is 874. The molecule has 6 nitrogen and oxygen atoms in total. The molecule has 24 heavy (non-hydrogen) atoms. The lowest BCUT2D eigenvalue weighted by Gasteiger charge is -2.23. The second kappa shape index (κ2) is 7.16. The van der Waals surface area contributed by atoms with Crippen molar-refractivity contribution < 1.29 is 17.6 Å². The average Bonchev–Trinajstić information content (AvgIpc) is 2.51. The van der Waals surface area contributed by atoms with Gasteiger partial charge in [-0.2, -0.15) is 0 Å². The highest BCUT2D eigenvalue weighted by molar-refractivity contribution is 7.92. The van der Waals surface area contributed by atoms with Crippen molar-refractivity contribution in [2.45, 2.75) is 6.54 Å². The Morgan fingerprint density at radius 1 is 1.29 bits per heavy atom. The Labute approximate surface area is 144 Å². The molecule has 0 heterocycles. The summed E-state index contributed by atoms with van der Waals surface area (Å²) >= 11 is 5.89. The lowest BCUT2D eigenvalue weighted by molar-refractivity contribution is 0.0953. The van der Waals surface area contributed by atoms with Crippen molar-refractivity contribution in [1.82, 2.24) is 5.43 Å². The van der Waals surface area contributed by atoms with Crippen LogP contribution in [0.2, 0.25) is 5.02 Å². The van der Waals surface area contributed by atoms with Gasteiger partial charge < -0.3 is 0 Å². The molecule has 0 saturated carbocycles. The number of hydrogen-bond donors (Lipinski definition) is 2. The van der Waals surface area contributed by atoms with Crippen LogP contribution in [0, 0.1) is 5.82 Å². The van der Waals surface area contributed by atoms with Crippen LogP contribution in [0.5, 0.6) is 0 Å². The van der Waals surface area contributed by atoms with Gasteiger partial charge >= 0.3 is 0 Å². The van der Waals surface area contributed by atoms with Crippen LogP contribution in [0.3, 0.4) is 0 Å². The van der Waals surface area contributed by atoms with Gasteiger partial charge in [-0.1, -0.05) is 23.7 Å². The first-order valence-electron chi connectivity index (χ1n) is 6.75. The van der Waals surface area contributed by atoms with E-state index in [-0.39, 0.29) is 17.7 Å². The molecule has 0 aliphatic rings. The molecule has 128 valence electrons. The molecule has 0 aliphatic heterocycles. The van der Waals surface area contributed by atoms with Crippen molar-refractivity contribution in [3.63, 3.8) is 0 Å². The summed E-state index contributed by atoms with van der Waals surface area (Å²) in [5, 5.41) is 0.358. The Hall–Kier alpha value is -2.16. The molecule has 1 amide bonds. The summed E-state index contributed by atoms with van der Waals surface area (Å²) < 4.78 is 39.4. The molecule has 0 fully saturated rings. The Balaban J connectivity index is 2.39. The van der Waals surface area contributed by atoms with E-state index >= 15 is 0 Å². The molecule has 2 rings (SSSR count). The summed E-state index contributed by atoms with van der Waals surface area (Å²) in [5.41, 5.74) is 2.35. The second-order valence-electron chi connectivity index (χ2n) is 5.03. The van der Waals surface area contributed by atoms with Gasteiger partial charge in [-0.05, 0) is 30.3 Å². The van der Waals surface area contributed by atoms with E-state index in [9.17, 15) is 17.6 Å². The molecular formula is C15H15ClFN3O3S. The molecule has 0 bridgehead atoms. The van der Waals surface area contributed by atoms with E-state index in [1.807, 2.05) is 5.43 Å². The number of nitrogens with two attached hydrogens (primary N) is 1. The van der Waals surface area contributed by atoms with Gasteiger partial charge in [0.1, 0.15) is 5.82 Å². The van der Waals surface area contributed by atoms with Gasteiger partial charge in [-0.15, -0.1) is 0 Å². The van der Waals surface area contributed by atoms with E-state index in [4.69, 9.17) is 17.4 Å². The van der Waals surface area contributed by atoms with E-state index in [2.05, 4.69) is 0 Å². The van der Waals surface area contributed by atoms with Crippen molar-refractivity contribution in [3.8, 4) is 0 Å². The zero-order valence-corrected chi connectivity index (χ0v) is 14.2. The van der Waals surface area contributed by atoms with Gasteiger partial charge in [-0.25, -0.2) is 18.7 Å². The number of carbonyl (C=O) groups is 1. The third-order valence-electron chi connectivity index (χ3n) is 3.26. The first-order valence-corrected chi connectivity index (χ1v) is 8.97. The third kappa shape index (κ3) is 4.22. The van der Waals surface area contributed by atoms with E-state index in [1.54, 1.807) is 18.2 Å². The van der Waals surface area contributed by atoms with Crippen LogP contribution in [0.15, 0.2) is 42.5 Å². The number of carbonyl (C=O) groups excluding carboxylic acids is 1. The minimum absolute atomic E-state index is 0.0346. The summed E-state index contributed by atoms with van der Waals surface area (Å²) in [4.78, 5) is 11.4. The number of amides is 1. The number of hydrazine groups is 1. The molecule has 0 atom stereocenters. The zero-order chi connectivity index (χ0) is 17.9. The predicted molar refractivity (Wildman–Crippen MR) is 90.5 cm³/mol. The van der Waals surface area contributed by atoms with E-state index in [0.717, 1.165) is 16.6 Å². The number of benzene rings is 2. The molecule has 2 aromatic carbocycles. The monoisotopic (exact) mass is 371 g/mol. The molecule has 0 unspecified atom stereocenters. The van der Waals surface area contributed by atoms with Crippen molar-refractivity contribution in [2.75, 3.05) is 10.6 Å². The van der Waals surface area contributed by atoms with Crippen molar-refractivity contribution in [2.24, 2.45) is 5.84 Å². The highest BCUT2D eigenvalue weighted by atomic mass is 35.5. The van der Waals surface area contributed by atoms with E-state index < -0.39 is 21.7 Å². The summed E-state index contributed by atoms with van der Waals surface area (Å²) in [6.45, 7) is -0.241. The van der Waals surface area contributed by atoms with Gasteiger partial charge in [0.2, 0.25) is 10.0 Å². The largest absolute Gasteiger partial charge is 0.290 e. The molecule has 0 aliphatic carbocycles. The zero-order valence-electron chi connectivity index (χ0n) is 12.7. The van der Waals surface area contributed by atoms with Crippen LogP contribution in [0.4, 0.5) is 10.1 Å². The minimum Gasteiger partial charge on any atom is -0.290 e. The fraction of sp³-hybridized carbons (Fsp3) is 0.133. The van der Waals surface area contributed by atoms with Gasteiger partial charge in [0.15, 0.2) is 0 Å². The van der Waals surface area contributed by atoms with Crippen LogP contribution in [0.25, 0.3) is 0 Å². The molecule has 2 aromatic rings. The number of nitrogen functional groups attached to an aromatic ring is 1. The average molecular weight is 372 g/mol. The number of halogens is 2. The maximum atomic E-state index is 14.2. The molecule has 0 saturated heterocycles. The number of rotatable bonds is 5. The van der Waals surface area contributed by atoms with Crippen LogP contribution in [0.1, 0.15) is 15.9 Å². The van der Waals surface area contributed by atoms with Crippen LogP contribution < -0.4 is 15.6 Å². The first-order chi connectivity index (χ1) is 11.2. The normalized spacial score (nSPS) is 11.2. The van der Waals surface area contributed by atoms with E-state index in [0.29, 0.717) is 10.7 Å². The summed E-state index contributed by atoms with van der Waals surface area (Å²) in [5.74, 6) is 3.64. The smallest absolute Gasteiger partial charge is 0.265 e. The fourth-order valence-corrected chi connectivity index (χ4v) is 3.14. The van der Waals surface area contributed by atoms with Gasteiger partial charge in [0.05, 0.1) is 18.5 Å². The lowest BCUT2D eigenvalue weighted by atomic mass is 10.1. The van der Waals surface area contributed by atoms with Crippen molar-refractivity contribution in [3.05, 3.63) is 64.4 Å². The van der Waals surface area contributed by atoms with Crippen LogP contribution in [-0.2, 0) is 16.6 Å². The second-order valence-corrected chi connectivity index (χ2v) is 7.37. The number of nitrogens with zero attached hydrogens (tertiary/aromatic N) is 1. The maximum Gasteiger partial charge on any atom is 0.265 e. The quantitative estimate of drug-likeness (QED) is 0.478. The number of hydrogen-bond acceptors (Lipinski definition) is 4. The van der Waals surface area contributed by atoms with E-state index in [1.165, 1.54) is 18.2 Å². The highest BCUT2D eigenvalue weighted by Gasteiger charge is 2.20. The molecule has 0 spiro atoms. The summed E-state index contributed by atoms with van der Waals surface area (Å²) in [7, 11) is -3.67. The van der Waals surface area contributed by atoms with Gasteiger partial charge in [0, 0.05) is 16.1 Å². The standard InChI is InChI=1S/C15H15ClFN3O3S/c1-24(22,23)20(13-4-2-3-12(16)8-13)9-11-6-5-10(7-14(11)17)15(21)19-18/h2-8H,9,18H2,1H3,(H,19,21). The Kier molecular flexibility index (Phi) is 5.43. The summed E-state index contributed by atoms with van der Waals surface area (Å²) in [6, 6.07) is 9.92. The third-order valence-corrected chi connectivity index (χ3v) is 4.63. The molecular weight excluding hydrogens is 357 g/mol. The lowest BCUT2D eigenvalue weighted by Crippen LogP contribution is -2.31. The molecule has 3 N–H and O–H groups in total. The topological polar surface area (TPSA) is 92.5 Å². The maximum absolute atomic E-state index is 14.2. The fourth-order valence-electron chi connectivity index (χ4n) is 2.09. The minimum atomic E-state index is -3.67. The number of sulfonamides is 1. The van der Waals surface area contributed by atoms with Gasteiger partial charge in [-0.3, -0.25) is 14.5 Å². The van der Waals surface area contributed by atoms with Crippen molar-refractivity contribution in [1.29, 1.82) is 0 Å². The van der Waals surface area contributed by atoms with Gasteiger partial charge in [0.25, 0.3) is 5.91 Å². The Morgan fingerprint density at radius 3 is 2.54 bits per heavy atom. The van der Waals surface area contributed by atoms with Crippen LogP contribution in [-0.4, -0.2) is 20.6 Å². The van der Waals surface area contributed by atoms with Crippen LogP contribution >= 0.6 is 11.6 Å².